The van der Waals surface area contributed by atoms with Crippen LogP contribution in [0.15, 0.2) is 65.5 Å². The van der Waals surface area contributed by atoms with Gasteiger partial charge in [0.2, 0.25) is 5.91 Å². The van der Waals surface area contributed by atoms with Gasteiger partial charge in [0, 0.05) is 23.7 Å². The number of hydrogen-bond acceptors (Lipinski definition) is 3. The average Bonchev–Trinajstić information content (AvgIpc) is 2.72. The number of H-pyrrole nitrogens is 1. The van der Waals surface area contributed by atoms with Crippen LogP contribution < -0.4 is 15.6 Å². The Labute approximate surface area is 164 Å². The Kier molecular flexibility index (Phi) is 6.63. The molecule has 2 aromatic carbocycles. The number of rotatable bonds is 8. The smallest absolute Gasteiger partial charge is 0.255 e. The summed E-state index contributed by atoms with van der Waals surface area (Å²) in [4.78, 5) is 26.9. The van der Waals surface area contributed by atoms with Gasteiger partial charge in [-0.1, -0.05) is 30.3 Å². The number of fused-ring (bicyclic) bond motifs is 1. The van der Waals surface area contributed by atoms with Crippen LogP contribution in [0.3, 0.4) is 0 Å². The summed E-state index contributed by atoms with van der Waals surface area (Å²) in [6.45, 7) is 0.605. The zero-order valence-electron chi connectivity index (χ0n) is 15.9. The van der Waals surface area contributed by atoms with Gasteiger partial charge >= 0.3 is 0 Å². The van der Waals surface area contributed by atoms with Crippen molar-refractivity contribution in [2.45, 2.75) is 19.3 Å². The molecule has 0 saturated carbocycles. The van der Waals surface area contributed by atoms with Crippen molar-refractivity contribution in [2.24, 2.45) is 0 Å². The Bertz CT molecular complexity index is 1020. The number of methoxy groups -OCH3 is 1. The summed E-state index contributed by atoms with van der Waals surface area (Å²) in [5, 5.41) is 3.79. The number of nitrogens with one attached hydrogen (secondary N) is 2. The maximum Gasteiger partial charge on any atom is 0.255 e. The number of benzene rings is 2. The third kappa shape index (κ3) is 5.33. The van der Waals surface area contributed by atoms with Crippen molar-refractivity contribution < 1.29 is 9.53 Å². The van der Waals surface area contributed by atoms with E-state index in [-0.39, 0.29) is 11.5 Å². The predicted octanol–water partition coefficient (Wildman–Crippen LogP) is 3.69. The maximum absolute atomic E-state index is 12.1. The first-order valence-electron chi connectivity index (χ1n) is 9.36. The first kappa shape index (κ1) is 19.4. The Morgan fingerprint density at radius 1 is 1.11 bits per heavy atom. The van der Waals surface area contributed by atoms with Gasteiger partial charge in [-0.2, -0.15) is 0 Å². The van der Waals surface area contributed by atoms with Crippen LogP contribution in [0.1, 0.15) is 24.0 Å². The fourth-order valence-electron chi connectivity index (χ4n) is 2.97. The molecular formula is C23H24N2O3. The van der Waals surface area contributed by atoms with Crippen molar-refractivity contribution in [3.8, 4) is 5.75 Å². The highest BCUT2D eigenvalue weighted by atomic mass is 16.5. The molecule has 0 saturated heterocycles. The standard InChI is InChI=1S/C23H24N2O3/c1-28-20-12-9-17(10-13-20)6-4-5-15-24-22(26)14-11-19-16-18-7-2-3-8-21(18)25-23(19)27/h2-3,7-14,16H,4-6,15H2,1H3,(H,24,26)(H,25,27)/b14-11+. The maximum atomic E-state index is 12.1. The number of carbonyl (C=O) groups excluding carboxylic acids is 1. The molecular weight excluding hydrogens is 352 g/mol. The van der Waals surface area contributed by atoms with Gasteiger partial charge in [0.1, 0.15) is 5.75 Å². The zero-order chi connectivity index (χ0) is 19.8. The lowest BCUT2D eigenvalue weighted by atomic mass is 10.1. The van der Waals surface area contributed by atoms with Crippen molar-refractivity contribution in [1.82, 2.24) is 10.3 Å². The number of aryl methyl sites for hydroxylation is 1. The minimum Gasteiger partial charge on any atom is -0.497 e. The second-order valence-electron chi connectivity index (χ2n) is 6.57. The summed E-state index contributed by atoms with van der Waals surface area (Å²) in [7, 11) is 1.66. The van der Waals surface area contributed by atoms with Crippen LogP contribution in [-0.4, -0.2) is 24.5 Å². The van der Waals surface area contributed by atoms with Crippen LogP contribution in [0.5, 0.6) is 5.75 Å². The summed E-state index contributed by atoms with van der Waals surface area (Å²) in [6, 6.07) is 17.4. The summed E-state index contributed by atoms with van der Waals surface area (Å²) in [5.74, 6) is 0.657. The Hall–Kier alpha value is -3.34. The number of carbonyl (C=O) groups is 1. The lowest BCUT2D eigenvalue weighted by molar-refractivity contribution is -0.116. The van der Waals surface area contributed by atoms with E-state index in [1.54, 1.807) is 19.3 Å². The van der Waals surface area contributed by atoms with E-state index in [1.807, 2.05) is 36.4 Å². The normalized spacial score (nSPS) is 11.0. The minimum absolute atomic E-state index is 0.197. The number of ether oxygens (including phenoxy) is 1. The van der Waals surface area contributed by atoms with Gasteiger partial charge in [-0.3, -0.25) is 9.59 Å². The molecule has 0 aliphatic carbocycles. The van der Waals surface area contributed by atoms with Crippen LogP contribution in [0.25, 0.3) is 17.0 Å². The fraction of sp³-hybridized carbons (Fsp3) is 0.217. The highest BCUT2D eigenvalue weighted by molar-refractivity contribution is 5.92. The van der Waals surface area contributed by atoms with Gasteiger partial charge in [0.05, 0.1) is 7.11 Å². The highest BCUT2D eigenvalue weighted by Crippen LogP contribution is 2.13. The lowest BCUT2D eigenvalue weighted by Crippen LogP contribution is -2.22. The summed E-state index contributed by atoms with van der Waals surface area (Å²) in [5.41, 5.74) is 2.30. The molecule has 0 radical (unpaired) electrons. The third-order valence-corrected chi connectivity index (χ3v) is 4.55. The Morgan fingerprint density at radius 2 is 1.89 bits per heavy atom. The molecule has 1 heterocycles. The topological polar surface area (TPSA) is 71.2 Å². The van der Waals surface area contributed by atoms with E-state index in [0.29, 0.717) is 12.1 Å². The van der Waals surface area contributed by atoms with Gasteiger partial charge in [-0.15, -0.1) is 0 Å². The molecule has 0 aliphatic rings. The SMILES string of the molecule is COc1ccc(CCCCNC(=O)/C=C/c2cc3ccccc3[nH]c2=O)cc1. The van der Waals surface area contributed by atoms with Crippen molar-refractivity contribution in [2.75, 3.05) is 13.7 Å². The van der Waals surface area contributed by atoms with E-state index < -0.39 is 0 Å². The highest BCUT2D eigenvalue weighted by Gasteiger charge is 2.01. The Balaban J connectivity index is 1.44. The lowest BCUT2D eigenvalue weighted by Gasteiger charge is -2.04. The first-order valence-corrected chi connectivity index (χ1v) is 9.36. The fourth-order valence-corrected chi connectivity index (χ4v) is 2.97. The van der Waals surface area contributed by atoms with Crippen molar-refractivity contribution in [1.29, 1.82) is 0 Å². The first-order chi connectivity index (χ1) is 13.7. The molecule has 1 aromatic heterocycles. The molecule has 0 unspecified atom stereocenters. The monoisotopic (exact) mass is 376 g/mol. The van der Waals surface area contributed by atoms with Crippen molar-refractivity contribution in [3.63, 3.8) is 0 Å². The average molecular weight is 376 g/mol. The van der Waals surface area contributed by atoms with Gasteiger partial charge in [0.15, 0.2) is 0 Å². The molecule has 144 valence electrons. The minimum atomic E-state index is -0.206. The van der Waals surface area contributed by atoms with Crippen LogP contribution in [0, 0.1) is 0 Å². The number of unbranched alkanes of at least 4 members (excludes halogenated alkanes) is 1. The molecule has 0 atom stereocenters. The molecule has 28 heavy (non-hydrogen) atoms. The molecule has 3 aromatic rings. The summed E-state index contributed by atoms with van der Waals surface area (Å²) in [6.07, 6.45) is 5.80. The molecule has 1 amide bonds. The Morgan fingerprint density at radius 3 is 2.68 bits per heavy atom. The van der Waals surface area contributed by atoms with Crippen LogP contribution in [0.4, 0.5) is 0 Å². The van der Waals surface area contributed by atoms with Crippen molar-refractivity contribution in [3.05, 3.63) is 82.2 Å². The molecule has 0 aliphatic heterocycles. The molecule has 5 heteroatoms. The summed E-state index contributed by atoms with van der Waals surface area (Å²) < 4.78 is 5.15. The van der Waals surface area contributed by atoms with E-state index in [0.717, 1.165) is 35.9 Å². The summed E-state index contributed by atoms with van der Waals surface area (Å²) >= 11 is 0. The molecule has 0 spiro atoms. The van der Waals surface area contributed by atoms with Gasteiger partial charge in [-0.05, 0) is 60.6 Å². The van der Waals surface area contributed by atoms with Gasteiger partial charge in [-0.25, -0.2) is 0 Å². The number of aromatic amines is 1. The zero-order valence-corrected chi connectivity index (χ0v) is 15.9. The number of hydrogen-bond donors (Lipinski definition) is 2. The number of aromatic nitrogens is 1. The van der Waals surface area contributed by atoms with Crippen LogP contribution in [-0.2, 0) is 11.2 Å². The predicted molar refractivity (Wildman–Crippen MR) is 113 cm³/mol. The molecule has 5 nitrogen and oxygen atoms in total. The van der Waals surface area contributed by atoms with E-state index in [9.17, 15) is 9.59 Å². The second-order valence-corrected chi connectivity index (χ2v) is 6.57. The van der Waals surface area contributed by atoms with Crippen LogP contribution in [0.2, 0.25) is 0 Å². The third-order valence-electron chi connectivity index (χ3n) is 4.55. The van der Waals surface area contributed by atoms with Gasteiger partial charge in [0.25, 0.3) is 5.56 Å². The quantitative estimate of drug-likeness (QED) is 0.465. The van der Waals surface area contributed by atoms with E-state index in [4.69, 9.17) is 4.74 Å². The molecule has 0 fully saturated rings. The second kappa shape index (κ2) is 9.55. The largest absolute Gasteiger partial charge is 0.497 e. The number of para-hydroxylation sites is 1. The van der Waals surface area contributed by atoms with E-state index in [1.165, 1.54) is 11.6 Å². The molecule has 3 rings (SSSR count). The molecule has 0 bridgehead atoms. The van der Waals surface area contributed by atoms with Crippen molar-refractivity contribution >= 4 is 22.9 Å². The van der Waals surface area contributed by atoms with E-state index >= 15 is 0 Å². The van der Waals surface area contributed by atoms with Crippen LogP contribution >= 0.6 is 0 Å². The number of pyridine rings is 1. The number of amides is 1. The van der Waals surface area contributed by atoms with E-state index in [2.05, 4.69) is 22.4 Å². The molecule has 2 N–H and O–H groups in total. The van der Waals surface area contributed by atoms with Gasteiger partial charge < -0.3 is 15.0 Å².